The molecule has 1 N–H and O–H groups in total. The SMILES string of the molecule is O=C(O)COc1ccccc1/C=C1\SC(=S)N(c2cccc(C(F)(F)F)c2)C1=O. The van der Waals surface area contributed by atoms with Crippen LogP contribution in [0, 0.1) is 0 Å². The third-order valence-corrected chi connectivity index (χ3v) is 5.08. The van der Waals surface area contributed by atoms with Crippen LogP contribution in [0.3, 0.4) is 0 Å². The van der Waals surface area contributed by atoms with E-state index in [4.69, 9.17) is 22.1 Å². The number of carboxylic acid groups (broad SMARTS) is 1. The van der Waals surface area contributed by atoms with Crippen LogP contribution in [0.2, 0.25) is 0 Å². The lowest BCUT2D eigenvalue weighted by Gasteiger charge is -2.16. The van der Waals surface area contributed by atoms with Gasteiger partial charge in [-0.1, -0.05) is 48.2 Å². The van der Waals surface area contributed by atoms with Crippen LogP contribution in [0.1, 0.15) is 11.1 Å². The van der Waals surface area contributed by atoms with Crippen molar-refractivity contribution in [3.05, 3.63) is 64.6 Å². The minimum Gasteiger partial charge on any atom is -0.481 e. The molecule has 10 heteroatoms. The second-order valence-corrected chi connectivity index (χ2v) is 7.46. The topological polar surface area (TPSA) is 66.8 Å². The van der Waals surface area contributed by atoms with Crippen molar-refractivity contribution in [3.8, 4) is 5.75 Å². The molecule has 0 unspecified atom stereocenters. The molecule has 3 rings (SSSR count). The lowest BCUT2D eigenvalue weighted by atomic mass is 10.1. The molecule has 2 aromatic carbocycles. The molecule has 0 bridgehead atoms. The summed E-state index contributed by atoms with van der Waals surface area (Å²) < 4.78 is 44.2. The largest absolute Gasteiger partial charge is 0.481 e. The highest BCUT2D eigenvalue weighted by Gasteiger charge is 2.36. The fraction of sp³-hybridized carbons (Fsp3) is 0.105. The van der Waals surface area contributed by atoms with Crippen molar-refractivity contribution < 1.29 is 32.6 Å². The number of hydrogen-bond donors (Lipinski definition) is 1. The number of ether oxygens (including phenoxy) is 1. The maximum Gasteiger partial charge on any atom is 0.416 e. The summed E-state index contributed by atoms with van der Waals surface area (Å²) in [5, 5.41) is 8.76. The highest BCUT2D eigenvalue weighted by Crippen LogP contribution is 2.39. The van der Waals surface area contributed by atoms with E-state index in [1.165, 1.54) is 18.2 Å². The third kappa shape index (κ3) is 4.77. The molecule has 0 atom stereocenters. The zero-order valence-electron chi connectivity index (χ0n) is 14.5. The van der Waals surface area contributed by atoms with Crippen LogP contribution in [0.15, 0.2) is 53.4 Å². The number of para-hydroxylation sites is 1. The number of thiocarbonyl (C=S) groups is 1. The van der Waals surface area contributed by atoms with Gasteiger partial charge in [-0.05, 0) is 30.3 Å². The van der Waals surface area contributed by atoms with E-state index in [9.17, 15) is 22.8 Å². The Bertz CT molecular complexity index is 1020. The van der Waals surface area contributed by atoms with Gasteiger partial charge in [0.15, 0.2) is 10.9 Å². The van der Waals surface area contributed by atoms with Crippen LogP contribution in [0.4, 0.5) is 18.9 Å². The first-order valence-corrected chi connectivity index (χ1v) is 9.28. The van der Waals surface area contributed by atoms with Crippen LogP contribution < -0.4 is 9.64 Å². The van der Waals surface area contributed by atoms with Gasteiger partial charge in [-0.25, -0.2) is 4.79 Å². The molecule has 1 heterocycles. The van der Waals surface area contributed by atoms with Crippen LogP contribution in [-0.4, -0.2) is 27.9 Å². The fourth-order valence-corrected chi connectivity index (χ4v) is 3.81. The minimum absolute atomic E-state index is 0.0149. The number of aliphatic carboxylic acids is 1. The predicted molar refractivity (Wildman–Crippen MR) is 107 cm³/mol. The number of rotatable bonds is 5. The normalized spacial score (nSPS) is 15.8. The Morgan fingerprint density at radius 2 is 1.93 bits per heavy atom. The molecule has 1 saturated heterocycles. The standard InChI is InChI=1S/C19H12F3NO4S2/c20-19(21,22)12-5-3-6-13(9-12)23-17(26)15(29-18(23)28)8-11-4-1-2-7-14(11)27-10-16(24)25/h1-9H,10H2,(H,24,25)/b15-8-. The monoisotopic (exact) mass is 439 g/mol. The van der Waals surface area contributed by atoms with Gasteiger partial charge in [-0.2, -0.15) is 13.2 Å². The molecule has 2 aromatic rings. The number of halogens is 3. The van der Waals surface area contributed by atoms with E-state index in [2.05, 4.69) is 0 Å². The first kappa shape index (κ1) is 20.9. The lowest BCUT2D eigenvalue weighted by molar-refractivity contribution is -0.139. The predicted octanol–water partition coefficient (Wildman–Crippen LogP) is 4.57. The molecular weight excluding hydrogens is 427 g/mol. The number of carbonyl (C=O) groups is 2. The van der Waals surface area contributed by atoms with Crippen LogP contribution in [0.25, 0.3) is 6.08 Å². The van der Waals surface area contributed by atoms with E-state index >= 15 is 0 Å². The average molecular weight is 439 g/mol. The van der Waals surface area contributed by atoms with Gasteiger partial charge in [0.2, 0.25) is 0 Å². The summed E-state index contributed by atoms with van der Waals surface area (Å²) in [5.41, 5.74) is -0.431. The Morgan fingerprint density at radius 3 is 2.62 bits per heavy atom. The van der Waals surface area contributed by atoms with E-state index in [0.29, 0.717) is 5.56 Å². The van der Waals surface area contributed by atoms with Crippen molar-refractivity contribution in [2.24, 2.45) is 0 Å². The number of amides is 1. The zero-order valence-corrected chi connectivity index (χ0v) is 16.1. The second-order valence-electron chi connectivity index (χ2n) is 5.79. The average Bonchev–Trinajstić information content (AvgIpc) is 2.93. The molecule has 0 radical (unpaired) electrons. The number of benzene rings is 2. The number of carbonyl (C=O) groups excluding carboxylic acids is 1. The lowest BCUT2D eigenvalue weighted by Crippen LogP contribution is -2.27. The Kier molecular flexibility index (Phi) is 5.94. The Morgan fingerprint density at radius 1 is 1.21 bits per heavy atom. The van der Waals surface area contributed by atoms with Crippen molar-refractivity contribution in [1.29, 1.82) is 0 Å². The number of carboxylic acids is 1. The molecule has 0 saturated carbocycles. The Hall–Kier alpha value is -2.85. The van der Waals surface area contributed by atoms with E-state index in [-0.39, 0.29) is 20.7 Å². The molecular formula is C19H12F3NO4S2. The molecule has 5 nitrogen and oxygen atoms in total. The van der Waals surface area contributed by atoms with Crippen molar-refractivity contribution in [3.63, 3.8) is 0 Å². The van der Waals surface area contributed by atoms with E-state index in [0.717, 1.165) is 28.8 Å². The molecule has 29 heavy (non-hydrogen) atoms. The van der Waals surface area contributed by atoms with E-state index in [1.807, 2.05) is 0 Å². The molecule has 1 aliphatic rings. The molecule has 1 aliphatic heterocycles. The van der Waals surface area contributed by atoms with E-state index < -0.39 is 30.2 Å². The highest BCUT2D eigenvalue weighted by molar-refractivity contribution is 8.27. The summed E-state index contributed by atoms with van der Waals surface area (Å²) in [5.74, 6) is -1.48. The summed E-state index contributed by atoms with van der Waals surface area (Å²) in [6, 6.07) is 10.8. The molecule has 1 amide bonds. The van der Waals surface area contributed by atoms with Gasteiger partial charge in [-0.3, -0.25) is 9.69 Å². The third-order valence-electron chi connectivity index (χ3n) is 3.78. The summed E-state index contributed by atoms with van der Waals surface area (Å²) in [6.07, 6.45) is -3.09. The van der Waals surface area contributed by atoms with Crippen LogP contribution in [0.5, 0.6) is 5.75 Å². The van der Waals surface area contributed by atoms with Crippen molar-refractivity contribution >= 4 is 51.9 Å². The summed E-state index contributed by atoms with van der Waals surface area (Å²) in [4.78, 5) is 24.7. The first-order valence-electron chi connectivity index (χ1n) is 8.05. The maximum absolute atomic E-state index is 13.0. The molecule has 0 spiro atoms. The molecule has 1 fully saturated rings. The number of hydrogen-bond acceptors (Lipinski definition) is 5. The first-order chi connectivity index (χ1) is 13.7. The number of thioether (sulfide) groups is 1. The fourth-order valence-electron chi connectivity index (χ4n) is 2.52. The van der Waals surface area contributed by atoms with Gasteiger partial charge < -0.3 is 9.84 Å². The van der Waals surface area contributed by atoms with Crippen molar-refractivity contribution in [2.45, 2.75) is 6.18 Å². The summed E-state index contributed by atoms with van der Waals surface area (Å²) in [7, 11) is 0. The van der Waals surface area contributed by atoms with Crippen LogP contribution >= 0.6 is 24.0 Å². The summed E-state index contributed by atoms with van der Waals surface area (Å²) >= 11 is 6.12. The van der Waals surface area contributed by atoms with Crippen molar-refractivity contribution in [1.82, 2.24) is 0 Å². The minimum atomic E-state index is -4.55. The summed E-state index contributed by atoms with van der Waals surface area (Å²) in [6.45, 7) is -0.559. The number of alkyl halides is 3. The molecule has 0 aliphatic carbocycles. The maximum atomic E-state index is 13.0. The Labute approximate surface area is 172 Å². The van der Waals surface area contributed by atoms with Gasteiger partial charge in [0, 0.05) is 5.56 Å². The molecule has 150 valence electrons. The van der Waals surface area contributed by atoms with Crippen molar-refractivity contribution in [2.75, 3.05) is 11.5 Å². The number of nitrogens with zero attached hydrogens (tertiary/aromatic N) is 1. The van der Waals surface area contributed by atoms with Gasteiger partial charge in [0.25, 0.3) is 5.91 Å². The van der Waals surface area contributed by atoms with Gasteiger partial charge >= 0.3 is 12.1 Å². The molecule has 0 aromatic heterocycles. The highest BCUT2D eigenvalue weighted by atomic mass is 32.2. The van der Waals surface area contributed by atoms with Gasteiger partial charge in [-0.15, -0.1) is 0 Å². The number of anilines is 1. The quantitative estimate of drug-likeness (QED) is 0.544. The van der Waals surface area contributed by atoms with E-state index in [1.54, 1.807) is 24.3 Å². The smallest absolute Gasteiger partial charge is 0.416 e. The van der Waals surface area contributed by atoms with Crippen LogP contribution in [-0.2, 0) is 15.8 Å². The second kappa shape index (κ2) is 8.26. The Balaban J connectivity index is 1.91. The van der Waals surface area contributed by atoms with Gasteiger partial charge in [0.1, 0.15) is 5.75 Å². The zero-order chi connectivity index (χ0) is 21.2. The van der Waals surface area contributed by atoms with Gasteiger partial charge in [0.05, 0.1) is 16.2 Å².